The van der Waals surface area contributed by atoms with Crippen LogP contribution in [0, 0.1) is 0 Å². The Balaban J connectivity index is 1.52. The summed E-state index contributed by atoms with van der Waals surface area (Å²) < 4.78 is 2.13. The van der Waals surface area contributed by atoms with Gasteiger partial charge in [-0.25, -0.2) is 0 Å². The summed E-state index contributed by atoms with van der Waals surface area (Å²) in [4.78, 5) is 27.6. The predicted octanol–water partition coefficient (Wildman–Crippen LogP) is 9.10. The van der Waals surface area contributed by atoms with E-state index in [0.29, 0.717) is 37.1 Å². The van der Waals surface area contributed by atoms with E-state index in [0.717, 1.165) is 40.2 Å². The van der Waals surface area contributed by atoms with E-state index < -0.39 is 0 Å². The van der Waals surface area contributed by atoms with Gasteiger partial charge in [0.05, 0.1) is 17.0 Å². The quantitative estimate of drug-likeness (QED) is 0.211. The van der Waals surface area contributed by atoms with Crippen molar-refractivity contribution >= 4 is 86.3 Å². The Hall–Kier alpha value is -2.41. The topological polar surface area (TPSA) is 42.3 Å². The van der Waals surface area contributed by atoms with Crippen LogP contribution in [0.4, 0.5) is 4.79 Å². The average Bonchev–Trinajstić information content (AvgIpc) is 3.34. The number of halogens is 4. The number of nitrogens with zero attached hydrogens (tertiary/aromatic N) is 2. The van der Waals surface area contributed by atoms with Crippen molar-refractivity contribution in [2.45, 2.75) is 26.4 Å². The van der Waals surface area contributed by atoms with Crippen molar-refractivity contribution in [1.29, 1.82) is 0 Å². The number of hydrogen-bond donors (Lipinski definition) is 0. The Bertz CT molecular complexity index is 1590. The molecule has 37 heavy (non-hydrogen) atoms. The molecule has 1 aliphatic heterocycles. The molecule has 0 spiro atoms. The highest BCUT2D eigenvalue weighted by Gasteiger charge is 2.35. The monoisotopic (exact) mass is 588 g/mol. The zero-order valence-corrected chi connectivity index (χ0v) is 23.4. The molecule has 1 fully saturated rings. The first-order valence-corrected chi connectivity index (χ1v) is 13.8. The van der Waals surface area contributed by atoms with Crippen LogP contribution in [-0.2, 0) is 24.3 Å². The Labute approximate surface area is 238 Å². The molecule has 1 aromatic heterocycles. The molecule has 4 aromatic rings. The summed E-state index contributed by atoms with van der Waals surface area (Å²) in [5, 5.41) is 2.73. The first-order valence-electron chi connectivity index (χ1n) is 11.5. The first kappa shape index (κ1) is 26.2. The molecular formula is C28H20Cl4N2O2S. The Kier molecular flexibility index (Phi) is 7.62. The molecule has 0 saturated carbocycles. The summed E-state index contributed by atoms with van der Waals surface area (Å²) in [6.07, 6.45) is 4.63. The van der Waals surface area contributed by atoms with Gasteiger partial charge in [-0.05, 0) is 65.2 Å². The lowest BCUT2D eigenvalue weighted by molar-refractivity contribution is -0.123. The standard InChI is InChI=1S/C28H20Cl4N2O2S/c1-2-16-4-3-5-22-19(14-33(26(16)22)13-17-6-8-20(29)11-23(17)31)10-25-27(35)34(28(36)37-25)15-18-7-9-21(30)12-24(18)32/h3-12,14H,2,13,15H2,1H3/b25-10-. The van der Waals surface area contributed by atoms with E-state index in [1.54, 1.807) is 30.3 Å². The van der Waals surface area contributed by atoms with Crippen molar-refractivity contribution in [3.8, 4) is 0 Å². The second kappa shape index (κ2) is 10.8. The Morgan fingerprint density at radius 1 is 0.838 bits per heavy atom. The van der Waals surface area contributed by atoms with Gasteiger partial charge in [-0.1, -0.05) is 83.7 Å². The van der Waals surface area contributed by atoms with E-state index in [1.807, 2.05) is 30.5 Å². The summed E-state index contributed by atoms with van der Waals surface area (Å²) in [5.41, 5.74) is 4.67. The molecule has 3 aromatic carbocycles. The van der Waals surface area contributed by atoms with Crippen molar-refractivity contribution in [1.82, 2.24) is 9.47 Å². The fourth-order valence-electron chi connectivity index (χ4n) is 4.42. The van der Waals surface area contributed by atoms with Gasteiger partial charge in [0.1, 0.15) is 0 Å². The molecule has 0 N–H and O–H groups in total. The maximum absolute atomic E-state index is 13.2. The van der Waals surface area contributed by atoms with E-state index in [1.165, 1.54) is 10.5 Å². The molecule has 9 heteroatoms. The number of benzene rings is 3. The summed E-state index contributed by atoms with van der Waals surface area (Å²) in [6, 6.07) is 16.6. The van der Waals surface area contributed by atoms with Crippen LogP contribution < -0.4 is 0 Å². The number of para-hydroxylation sites is 1. The van der Waals surface area contributed by atoms with Gasteiger partial charge in [0, 0.05) is 43.8 Å². The van der Waals surface area contributed by atoms with Gasteiger partial charge < -0.3 is 4.57 Å². The molecule has 1 saturated heterocycles. The van der Waals surface area contributed by atoms with Crippen molar-refractivity contribution < 1.29 is 9.59 Å². The fourth-order valence-corrected chi connectivity index (χ4v) is 6.19. The number of carbonyl (C=O) groups excluding carboxylic acids is 2. The lowest BCUT2D eigenvalue weighted by atomic mass is 10.1. The molecule has 0 bridgehead atoms. The van der Waals surface area contributed by atoms with Crippen molar-refractivity contribution in [3.63, 3.8) is 0 Å². The maximum Gasteiger partial charge on any atom is 0.293 e. The highest BCUT2D eigenvalue weighted by molar-refractivity contribution is 8.18. The van der Waals surface area contributed by atoms with Gasteiger partial charge in [-0.2, -0.15) is 0 Å². The zero-order valence-electron chi connectivity index (χ0n) is 19.6. The van der Waals surface area contributed by atoms with E-state index in [4.69, 9.17) is 46.4 Å². The number of thioether (sulfide) groups is 1. The van der Waals surface area contributed by atoms with Gasteiger partial charge in [0.15, 0.2) is 0 Å². The van der Waals surface area contributed by atoms with E-state index >= 15 is 0 Å². The number of rotatable bonds is 6. The third-order valence-corrected chi connectivity index (χ3v) is 8.33. The van der Waals surface area contributed by atoms with Crippen LogP contribution in [0.25, 0.3) is 17.0 Å². The third-order valence-electron chi connectivity index (χ3n) is 6.25. The smallest absolute Gasteiger partial charge is 0.293 e. The molecule has 0 radical (unpaired) electrons. The van der Waals surface area contributed by atoms with Crippen molar-refractivity contribution in [2.75, 3.05) is 0 Å². The van der Waals surface area contributed by atoms with Crippen LogP contribution in [0.1, 0.15) is 29.2 Å². The Morgan fingerprint density at radius 3 is 2.11 bits per heavy atom. The predicted molar refractivity (Wildman–Crippen MR) is 155 cm³/mol. The average molecular weight is 590 g/mol. The Morgan fingerprint density at radius 2 is 1.49 bits per heavy atom. The lowest BCUT2D eigenvalue weighted by Crippen LogP contribution is -2.27. The lowest BCUT2D eigenvalue weighted by Gasteiger charge is -2.13. The van der Waals surface area contributed by atoms with Gasteiger partial charge in [-0.3, -0.25) is 14.5 Å². The molecule has 0 atom stereocenters. The van der Waals surface area contributed by atoms with Gasteiger partial charge in [0.2, 0.25) is 0 Å². The number of imide groups is 1. The molecule has 1 aliphatic rings. The summed E-state index contributed by atoms with van der Waals surface area (Å²) >= 11 is 25.7. The minimum Gasteiger partial charge on any atom is -0.342 e. The van der Waals surface area contributed by atoms with E-state index in [9.17, 15) is 9.59 Å². The summed E-state index contributed by atoms with van der Waals surface area (Å²) in [6.45, 7) is 2.72. The summed E-state index contributed by atoms with van der Waals surface area (Å²) in [5.74, 6) is -0.352. The fraction of sp³-hybridized carbons (Fsp3) is 0.143. The second-order valence-electron chi connectivity index (χ2n) is 8.62. The summed E-state index contributed by atoms with van der Waals surface area (Å²) in [7, 11) is 0. The van der Waals surface area contributed by atoms with Crippen LogP contribution in [0.3, 0.4) is 0 Å². The molecule has 4 nitrogen and oxygen atoms in total. The molecular weight excluding hydrogens is 570 g/mol. The van der Waals surface area contributed by atoms with Crippen LogP contribution in [0.2, 0.25) is 20.1 Å². The minimum atomic E-state index is -0.352. The first-order chi connectivity index (χ1) is 17.7. The number of fused-ring (bicyclic) bond motifs is 1. The molecule has 188 valence electrons. The number of aromatic nitrogens is 1. The maximum atomic E-state index is 13.2. The SMILES string of the molecule is CCc1cccc2c(/C=C3\SC(=O)N(Cc4ccc(Cl)cc4Cl)C3=O)cn(Cc3ccc(Cl)cc3Cl)c12. The number of hydrogen-bond acceptors (Lipinski definition) is 3. The number of carbonyl (C=O) groups is 2. The minimum absolute atomic E-state index is 0.0782. The highest BCUT2D eigenvalue weighted by Crippen LogP contribution is 2.37. The van der Waals surface area contributed by atoms with Gasteiger partial charge >= 0.3 is 0 Å². The zero-order chi connectivity index (χ0) is 26.3. The number of amides is 2. The normalized spacial score (nSPS) is 14.9. The van der Waals surface area contributed by atoms with Crippen molar-refractivity contribution in [3.05, 3.63) is 108 Å². The highest BCUT2D eigenvalue weighted by atomic mass is 35.5. The molecule has 2 heterocycles. The van der Waals surface area contributed by atoms with Crippen LogP contribution >= 0.6 is 58.2 Å². The number of aryl methyl sites for hydroxylation is 1. The van der Waals surface area contributed by atoms with Gasteiger partial charge in [-0.15, -0.1) is 0 Å². The largest absolute Gasteiger partial charge is 0.342 e. The molecule has 2 amide bonds. The molecule has 0 unspecified atom stereocenters. The third kappa shape index (κ3) is 5.29. The molecule has 5 rings (SSSR count). The second-order valence-corrected chi connectivity index (χ2v) is 11.3. The van der Waals surface area contributed by atoms with E-state index in [-0.39, 0.29) is 17.7 Å². The van der Waals surface area contributed by atoms with Crippen LogP contribution in [0.5, 0.6) is 0 Å². The van der Waals surface area contributed by atoms with Gasteiger partial charge in [0.25, 0.3) is 11.1 Å². The van der Waals surface area contributed by atoms with Crippen LogP contribution in [-0.4, -0.2) is 20.6 Å². The molecule has 0 aliphatic carbocycles. The van der Waals surface area contributed by atoms with E-state index in [2.05, 4.69) is 17.6 Å². The van der Waals surface area contributed by atoms with Crippen LogP contribution in [0.15, 0.2) is 65.7 Å². The van der Waals surface area contributed by atoms with Crippen molar-refractivity contribution in [2.24, 2.45) is 0 Å².